The molecule has 4 aromatic rings. The van der Waals surface area contributed by atoms with Gasteiger partial charge in [-0.3, -0.25) is 14.8 Å². The van der Waals surface area contributed by atoms with E-state index in [9.17, 15) is 4.79 Å². The minimum absolute atomic E-state index is 0.198. The second-order valence-electron chi connectivity index (χ2n) is 6.80. The molecule has 4 rings (SSSR count). The van der Waals surface area contributed by atoms with Gasteiger partial charge in [0.15, 0.2) is 5.82 Å². The van der Waals surface area contributed by atoms with Crippen molar-refractivity contribution in [1.29, 1.82) is 0 Å². The highest BCUT2D eigenvalue weighted by Crippen LogP contribution is 2.20. The Bertz CT molecular complexity index is 1170. The lowest BCUT2D eigenvalue weighted by atomic mass is 10.1. The van der Waals surface area contributed by atoms with Crippen molar-refractivity contribution in [3.05, 3.63) is 82.5 Å². The zero-order valence-electron chi connectivity index (χ0n) is 16.3. The molecule has 0 spiro atoms. The van der Waals surface area contributed by atoms with E-state index in [4.69, 9.17) is 4.74 Å². The summed E-state index contributed by atoms with van der Waals surface area (Å²) in [5, 5.41) is 0.507. The van der Waals surface area contributed by atoms with Gasteiger partial charge in [-0.25, -0.2) is 4.98 Å². The van der Waals surface area contributed by atoms with Gasteiger partial charge < -0.3 is 9.72 Å². The van der Waals surface area contributed by atoms with E-state index in [1.165, 1.54) is 5.56 Å². The summed E-state index contributed by atoms with van der Waals surface area (Å²) in [5.74, 6) is 1.14. The maximum atomic E-state index is 12.6. The number of nitrogens with zero attached hydrogens (tertiary/aromatic N) is 3. The number of hydrogen-bond donors (Lipinski definition) is 1. The molecule has 3 heterocycles. The van der Waals surface area contributed by atoms with Crippen molar-refractivity contribution >= 4 is 10.9 Å². The van der Waals surface area contributed by atoms with Crippen LogP contribution in [-0.2, 0) is 12.8 Å². The number of fused-ring (bicyclic) bond motifs is 1. The summed E-state index contributed by atoms with van der Waals surface area (Å²) in [6.45, 7) is 2.65. The summed E-state index contributed by atoms with van der Waals surface area (Å²) in [7, 11) is 0. The third kappa shape index (κ3) is 4.48. The molecule has 3 aromatic heterocycles. The molecule has 1 N–H and O–H groups in total. The van der Waals surface area contributed by atoms with Crippen LogP contribution in [0, 0.1) is 0 Å². The summed E-state index contributed by atoms with van der Waals surface area (Å²) < 4.78 is 5.83. The van der Waals surface area contributed by atoms with Crippen LogP contribution in [0.4, 0.5) is 0 Å². The predicted molar refractivity (Wildman–Crippen MR) is 113 cm³/mol. The van der Waals surface area contributed by atoms with E-state index in [1.54, 1.807) is 24.7 Å². The fourth-order valence-electron chi connectivity index (χ4n) is 3.17. The lowest BCUT2D eigenvalue weighted by Crippen LogP contribution is -2.10. The fraction of sp³-hybridized carbons (Fsp3) is 0.217. The van der Waals surface area contributed by atoms with Gasteiger partial charge in [0.25, 0.3) is 5.56 Å². The van der Waals surface area contributed by atoms with Crippen LogP contribution < -0.4 is 10.3 Å². The fourth-order valence-corrected chi connectivity index (χ4v) is 3.17. The highest BCUT2D eigenvalue weighted by molar-refractivity contribution is 5.80. The SMILES string of the molecule is CCc1ccnc(-c2nc3ccc(OCCCc4ccncc4)cc3c(=O)[nH]2)c1. The highest BCUT2D eigenvalue weighted by Gasteiger charge is 2.09. The zero-order chi connectivity index (χ0) is 20.1. The molecule has 1 aromatic carbocycles. The molecule has 0 aliphatic rings. The molecular formula is C23H22N4O2. The molecule has 0 bridgehead atoms. The van der Waals surface area contributed by atoms with Crippen LogP contribution in [0.25, 0.3) is 22.4 Å². The number of rotatable bonds is 7. The second-order valence-corrected chi connectivity index (χ2v) is 6.80. The molecule has 0 radical (unpaired) electrons. The average Bonchev–Trinajstić information content (AvgIpc) is 2.77. The number of hydrogen-bond acceptors (Lipinski definition) is 5. The Morgan fingerprint density at radius 1 is 1.00 bits per heavy atom. The monoisotopic (exact) mass is 386 g/mol. The Labute approximate surface area is 168 Å². The molecule has 0 saturated carbocycles. The minimum atomic E-state index is -0.198. The van der Waals surface area contributed by atoms with Gasteiger partial charge in [0.1, 0.15) is 11.4 Å². The van der Waals surface area contributed by atoms with E-state index in [0.717, 1.165) is 24.8 Å². The topological polar surface area (TPSA) is 80.8 Å². The van der Waals surface area contributed by atoms with Crippen LogP contribution in [0.15, 0.2) is 65.8 Å². The van der Waals surface area contributed by atoms with E-state index in [0.29, 0.717) is 34.8 Å². The van der Waals surface area contributed by atoms with Gasteiger partial charge >= 0.3 is 0 Å². The van der Waals surface area contributed by atoms with E-state index in [-0.39, 0.29) is 5.56 Å². The van der Waals surface area contributed by atoms with Crippen molar-refractivity contribution in [3.8, 4) is 17.3 Å². The van der Waals surface area contributed by atoms with Crippen LogP contribution in [-0.4, -0.2) is 26.5 Å². The van der Waals surface area contributed by atoms with Crippen molar-refractivity contribution in [3.63, 3.8) is 0 Å². The van der Waals surface area contributed by atoms with E-state index in [2.05, 4.69) is 26.9 Å². The first-order valence-corrected chi connectivity index (χ1v) is 9.74. The number of pyridine rings is 2. The number of benzene rings is 1. The molecule has 0 aliphatic carbocycles. The van der Waals surface area contributed by atoms with Crippen LogP contribution in [0.2, 0.25) is 0 Å². The summed E-state index contributed by atoms with van der Waals surface area (Å²) in [4.78, 5) is 28.4. The Balaban J connectivity index is 1.49. The molecule has 146 valence electrons. The summed E-state index contributed by atoms with van der Waals surface area (Å²) in [5.41, 5.74) is 3.47. The molecule has 0 aliphatic heterocycles. The van der Waals surface area contributed by atoms with Gasteiger partial charge in [-0.1, -0.05) is 6.92 Å². The molecule has 0 saturated heterocycles. The summed E-state index contributed by atoms with van der Waals surface area (Å²) in [6, 6.07) is 13.3. The van der Waals surface area contributed by atoms with Crippen molar-refractivity contribution in [2.75, 3.05) is 6.61 Å². The Hall–Kier alpha value is -3.54. The van der Waals surface area contributed by atoms with Crippen molar-refractivity contribution in [2.24, 2.45) is 0 Å². The molecule has 6 heteroatoms. The van der Waals surface area contributed by atoms with Crippen LogP contribution >= 0.6 is 0 Å². The second kappa shape index (κ2) is 8.65. The first kappa shape index (κ1) is 18.8. The molecular weight excluding hydrogens is 364 g/mol. The van der Waals surface area contributed by atoms with Crippen molar-refractivity contribution < 1.29 is 4.74 Å². The number of ether oxygens (including phenoxy) is 1. The first-order valence-electron chi connectivity index (χ1n) is 9.74. The molecule has 0 atom stereocenters. The summed E-state index contributed by atoms with van der Waals surface area (Å²) >= 11 is 0. The minimum Gasteiger partial charge on any atom is -0.494 e. The van der Waals surface area contributed by atoms with E-state index >= 15 is 0 Å². The molecule has 0 amide bonds. The van der Waals surface area contributed by atoms with Gasteiger partial charge in [-0.2, -0.15) is 0 Å². The van der Waals surface area contributed by atoms with Crippen LogP contribution in [0.3, 0.4) is 0 Å². The van der Waals surface area contributed by atoms with Crippen molar-refractivity contribution in [2.45, 2.75) is 26.2 Å². The zero-order valence-corrected chi connectivity index (χ0v) is 16.3. The van der Waals surface area contributed by atoms with Gasteiger partial charge in [0, 0.05) is 18.6 Å². The smallest absolute Gasteiger partial charge is 0.259 e. The van der Waals surface area contributed by atoms with Gasteiger partial charge in [0.05, 0.1) is 17.5 Å². The Morgan fingerprint density at radius 3 is 2.66 bits per heavy atom. The third-order valence-electron chi connectivity index (χ3n) is 4.78. The maximum Gasteiger partial charge on any atom is 0.259 e. The average molecular weight is 386 g/mol. The van der Waals surface area contributed by atoms with E-state index < -0.39 is 0 Å². The molecule has 29 heavy (non-hydrogen) atoms. The molecule has 0 fully saturated rings. The quantitative estimate of drug-likeness (QED) is 0.486. The largest absolute Gasteiger partial charge is 0.494 e. The lowest BCUT2D eigenvalue weighted by Gasteiger charge is -2.08. The van der Waals surface area contributed by atoms with Crippen molar-refractivity contribution in [1.82, 2.24) is 19.9 Å². The lowest BCUT2D eigenvalue weighted by molar-refractivity contribution is 0.311. The Kier molecular flexibility index (Phi) is 5.61. The number of nitrogens with one attached hydrogen (secondary N) is 1. The highest BCUT2D eigenvalue weighted by atomic mass is 16.5. The standard InChI is InChI=1S/C23H22N4O2/c1-2-16-9-12-25-21(14-16)22-26-20-6-5-18(15-19(20)23(28)27-22)29-13-3-4-17-7-10-24-11-8-17/h5-12,14-15H,2-4,13H2,1H3,(H,26,27,28). The molecule has 0 unspecified atom stereocenters. The number of aromatic nitrogens is 4. The predicted octanol–water partition coefficient (Wildman–Crippen LogP) is 3.95. The normalized spacial score (nSPS) is 10.9. The van der Waals surface area contributed by atoms with Gasteiger partial charge in [-0.15, -0.1) is 0 Å². The number of H-pyrrole nitrogens is 1. The molecule has 6 nitrogen and oxygen atoms in total. The van der Waals surface area contributed by atoms with E-state index in [1.807, 2.05) is 36.4 Å². The third-order valence-corrected chi connectivity index (χ3v) is 4.78. The van der Waals surface area contributed by atoms with Gasteiger partial charge in [0.2, 0.25) is 0 Å². The maximum absolute atomic E-state index is 12.6. The van der Waals surface area contributed by atoms with Gasteiger partial charge in [-0.05, 0) is 72.9 Å². The number of aromatic amines is 1. The summed E-state index contributed by atoms with van der Waals surface area (Å²) in [6.07, 6.45) is 8.03. The Morgan fingerprint density at radius 2 is 1.83 bits per heavy atom. The van der Waals surface area contributed by atoms with Crippen LogP contribution in [0.5, 0.6) is 5.75 Å². The first-order chi connectivity index (χ1) is 14.2. The number of aryl methyl sites for hydroxylation is 2. The van der Waals surface area contributed by atoms with Crippen LogP contribution in [0.1, 0.15) is 24.5 Å².